The number of aliphatic hydroxyl groups is 1. The third-order valence-electron chi connectivity index (χ3n) is 9.21. The smallest absolute Gasteiger partial charge is 0.320 e. The molecule has 2 aromatic rings. The number of hydrogen-bond acceptors (Lipinski definition) is 6. The maximum Gasteiger partial charge on any atom is 0.320 e. The molecule has 3 N–H and O–H groups in total. The number of anilines is 1. The molecule has 0 radical (unpaired) electrons. The third-order valence-corrected chi connectivity index (χ3v) is 9.21. The number of methoxy groups -OCH3 is 2. The minimum absolute atomic E-state index is 0.108. The van der Waals surface area contributed by atoms with E-state index in [1.54, 1.807) is 14.2 Å². The summed E-state index contributed by atoms with van der Waals surface area (Å²) in [6.07, 6.45) is 9.69. The molecular formula is C38H54N2O5. The maximum atomic E-state index is 10.1. The summed E-state index contributed by atoms with van der Waals surface area (Å²) >= 11 is 0. The van der Waals surface area contributed by atoms with E-state index in [4.69, 9.17) is 14.6 Å². The molecule has 2 aromatic carbocycles. The Hall–Kier alpha value is -3.23. The van der Waals surface area contributed by atoms with Crippen LogP contribution in [0.25, 0.3) is 0 Å². The van der Waals surface area contributed by atoms with Gasteiger partial charge in [0, 0.05) is 44.8 Å². The first-order valence-corrected chi connectivity index (χ1v) is 16.3. The third kappa shape index (κ3) is 10.1. The summed E-state index contributed by atoms with van der Waals surface area (Å²) in [7, 11) is 3.46. The molecule has 7 heteroatoms. The van der Waals surface area contributed by atoms with Crippen LogP contribution in [0.1, 0.15) is 75.3 Å². The van der Waals surface area contributed by atoms with Gasteiger partial charge < -0.3 is 29.9 Å². The van der Waals surface area contributed by atoms with Gasteiger partial charge in [-0.05, 0) is 93.7 Å². The van der Waals surface area contributed by atoms with Gasteiger partial charge in [0.2, 0.25) is 0 Å². The molecule has 3 unspecified atom stereocenters. The quantitative estimate of drug-likeness (QED) is 0.205. The molecule has 4 atom stereocenters. The van der Waals surface area contributed by atoms with Crippen molar-refractivity contribution in [3.63, 3.8) is 0 Å². The number of ether oxygens (including phenoxy) is 2. The topological polar surface area (TPSA) is 91.3 Å². The second-order valence-electron chi connectivity index (χ2n) is 12.1. The number of aliphatic hydroxyl groups excluding tert-OH is 1. The van der Waals surface area contributed by atoms with Crippen molar-refractivity contribution in [2.45, 2.75) is 82.6 Å². The van der Waals surface area contributed by atoms with E-state index in [1.807, 2.05) is 13.0 Å². The molecule has 0 amide bonds. The fraction of sp³-hybridized carbons (Fsp3) is 0.500. The SMILES string of the molecule is C=C.COC(OC)C1CCN(c2ccc(C3C(/C=C\C(C)O)=C(C)CCC3c3ccccc3)cc2)CC1.O=C(O)[C@H]1CCCN1. The Morgan fingerprint density at radius 1 is 0.978 bits per heavy atom. The highest BCUT2D eigenvalue weighted by Crippen LogP contribution is 2.48. The van der Waals surface area contributed by atoms with Gasteiger partial charge in [0.05, 0.1) is 6.10 Å². The fourth-order valence-electron chi connectivity index (χ4n) is 6.82. The molecule has 5 rings (SSSR count). The van der Waals surface area contributed by atoms with E-state index in [0.29, 0.717) is 11.8 Å². The van der Waals surface area contributed by atoms with Crippen molar-refractivity contribution < 1.29 is 24.5 Å². The maximum absolute atomic E-state index is 10.1. The Bertz CT molecular complexity index is 1210. The van der Waals surface area contributed by atoms with Crippen LogP contribution in [0.5, 0.6) is 0 Å². The van der Waals surface area contributed by atoms with Crippen LogP contribution in [0.15, 0.2) is 91.1 Å². The molecule has 1 aliphatic carbocycles. The second-order valence-corrected chi connectivity index (χ2v) is 12.1. The molecule has 0 bridgehead atoms. The standard InChI is InChI=1S/C31H41NO3.C5H9NO2.C2H4/c1-22-10-16-29(24-8-6-5-7-9-24)30(28(22)17-11-23(2)33)25-12-14-27(15-13-25)32-20-18-26(19-21-32)31(34-3)35-4;7-5(8)4-2-1-3-6-4;1-2/h5-9,11-15,17,23,26,29-31,33H,10,16,18-21H2,1-4H3;4,6H,1-3H2,(H,7,8);1-2H2/b17-11-;;/t;4-;/m.1./s1. The number of carbonyl (C=O) groups is 1. The van der Waals surface area contributed by atoms with Gasteiger partial charge >= 0.3 is 5.97 Å². The lowest BCUT2D eigenvalue weighted by Gasteiger charge is -2.37. The van der Waals surface area contributed by atoms with E-state index < -0.39 is 12.1 Å². The van der Waals surface area contributed by atoms with Crippen molar-refractivity contribution in [2.75, 3.05) is 38.8 Å². The van der Waals surface area contributed by atoms with E-state index in [2.05, 4.69) is 91.0 Å². The normalized spacial score (nSPS) is 22.9. The van der Waals surface area contributed by atoms with Crippen molar-refractivity contribution in [1.82, 2.24) is 5.32 Å². The van der Waals surface area contributed by atoms with Crippen LogP contribution in [0, 0.1) is 5.92 Å². The number of nitrogens with one attached hydrogen (secondary N) is 1. The number of carboxylic acid groups (broad SMARTS) is 1. The Morgan fingerprint density at radius 2 is 1.62 bits per heavy atom. The van der Waals surface area contributed by atoms with Gasteiger partial charge in [-0.2, -0.15) is 0 Å². The lowest BCUT2D eigenvalue weighted by Crippen LogP contribution is -2.39. The summed E-state index contributed by atoms with van der Waals surface area (Å²) in [5.74, 6) is 0.438. The highest BCUT2D eigenvalue weighted by Gasteiger charge is 2.32. The van der Waals surface area contributed by atoms with Crippen LogP contribution in [0.3, 0.4) is 0 Å². The van der Waals surface area contributed by atoms with Crippen LogP contribution < -0.4 is 10.2 Å². The molecule has 2 aliphatic heterocycles. The summed E-state index contributed by atoms with van der Waals surface area (Å²) in [6.45, 7) is 13.0. The number of carboxylic acids is 1. The molecule has 2 heterocycles. The molecule has 7 nitrogen and oxygen atoms in total. The monoisotopic (exact) mass is 618 g/mol. The van der Waals surface area contributed by atoms with Gasteiger partial charge in [-0.25, -0.2) is 0 Å². The molecule has 2 fully saturated rings. The van der Waals surface area contributed by atoms with E-state index in [9.17, 15) is 9.90 Å². The first kappa shape index (κ1) is 36.2. The van der Waals surface area contributed by atoms with E-state index >= 15 is 0 Å². The first-order chi connectivity index (χ1) is 21.8. The van der Waals surface area contributed by atoms with Crippen molar-refractivity contribution in [3.8, 4) is 0 Å². The van der Waals surface area contributed by atoms with Crippen molar-refractivity contribution in [2.24, 2.45) is 5.92 Å². The van der Waals surface area contributed by atoms with Crippen molar-refractivity contribution in [3.05, 3.63) is 102 Å². The predicted octanol–water partition coefficient (Wildman–Crippen LogP) is 7.06. The highest BCUT2D eigenvalue weighted by atomic mass is 16.7. The Kier molecular flexibility index (Phi) is 15.0. The largest absolute Gasteiger partial charge is 0.480 e. The van der Waals surface area contributed by atoms with Crippen LogP contribution in [0.4, 0.5) is 5.69 Å². The van der Waals surface area contributed by atoms with Gasteiger partial charge in [0.25, 0.3) is 0 Å². The lowest BCUT2D eigenvalue weighted by atomic mass is 9.69. The average Bonchev–Trinajstić information content (AvgIpc) is 3.63. The summed E-state index contributed by atoms with van der Waals surface area (Å²) in [4.78, 5) is 12.6. The lowest BCUT2D eigenvalue weighted by molar-refractivity contribution is -0.141. The van der Waals surface area contributed by atoms with Gasteiger partial charge in [-0.15, -0.1) is 13.2 Å². The van der Waals surface area contributed by atoms with Crippen molar-refractivity contribution in [1.29, 1.82) is 0 Å². The minimum atomic E-state index is -0.720. The van der Waals surface area contributed by atoms with E-state index in [-0.39, 0.29) is 18.2 Å². The van der Waals surface area contributed by atoms with Crippen molar-refractivity contribution >= 4 is 11.7 Å². The van der Waals surface area contributed by atoms with Crippen LogP contribution >= 0.6 is 0 Å². The predicted molar refractivity (Wildman–Crippen MR) is 184 cm³/mol. The molecule has 3 aliphatic rings. The van der Waals surface area contributed by atoms with Crippen LogP contribution in [-0.2, 0) is 14.3 Å². The number of rotatable bonds is 9. The average molecular weight is 619 g/mol. The summed E-state index contributed by atoms with van der Waals surface area (Å²) < 4.78 is 11.0. The molecule has 45 heavy (non-hydrogen) atoms. The second kappa shape index (κ2) is 18.7. The summed E-state index contributed by atoms with van der Waals surface area (Å²) in [5, 5.41) is 21.2. The Balaban J connectivity index is 0.000000475. The van der Waals surface area contributed by atoms with Gasteiger partial charge in [0.15, 0.2) is 6.29 Å². The summed E-state index contributed by atoms with van der Waals surface area (Å²) in [5.41, 5.74) is 6.80. The van der Waals surface area contributed by atoms with Crippen LogP contribution in [0.2, 0.25) is 0 Å². The zero-order valence-electron chi connectivity index (χ0n) is 27.7. The molecular weight excluding hydrogens is 564 g/mol. The Labute approximate surface area is 270 Å². The number of aliphatic carboxylic acids is 1. The molecule has 0 saturated carbocycles. The number of allylic oxidation sites excluding steroid dienone is 3. The number of nitrogens with zero attached hydrogens (tertiary/aromatic N) is 1. The van der Waals surface area contributed by atoms with Gasteiger partial charge in [-0.3, -0.25) is 4.79 Å². The molecule has 0 spiro atoms. The fourth-order valence-corrected chi connectivity index (χ4v) is 6.82. The van der Waals surface area contributed by atoms with E-state index in [1.165, 1.54) is 28.0 Å². The van der Waals surface area contributed by atoms with Gasteiger partial charge in [0.1, 0.15) is 6.04 Å². The molecule has 246 valence electrons. The first-order valence-electron chi connectivity index (χ1n) is 16.3. The van der Waals surface area contributed by atoms with Gasteiger partial charge in [-0.1, -0.05) is 60.2 Å². The molecule has 0 aromatic heterocycles. The number of benzene rings is 2. The Morgan fingerprint density at radius 3 is 2.13 bits per heavy atom. The number of piperidine rings is 1. The van der Waals surface area contributed by atoms with Crippen LogP contribution in [-0.4, -0.2) is 68.5 Å². The summed E-state index contributed by atoms with van der Waals surface area (Å²) in [6, 6.07) is 19.9. The zero-order chi connectivity index (χ0) is 32.8. The molecule has 2 saturated heterocycles. The highest BCUT2D eigenvalue weighted by molar-refractivity contribution is 5.73. The van der Waals surface area contributed by atoms with E-state index in [0.717, 1.165) is 58.2 Å². The number of hydrogen-bond donors (Lipinski definition) is 3. The minimum Gasteiger partial charge on any atom is -0.480 e. The zero-order valence-corrected chi connectivity index (χ0v) is 27.7.